The molecule has 0 radical (unpaired) electrons. The number of hydrogen-bond acceptors (Lipinski definition) is 6. The van der Waals surface area contributed by atoms with Crippen molar-refractivity contribution in [3.05, 3.63) is 22.6 Å². The van der Waals surface area contributed by atoms with Crippen LogP contribution in [0.5, 0.6) is 0 Å². The Labute approximate surface area is 157 Å². The minimum absolute atomic E-state index is 0.230. The quantitative estimate of drug-likeness (QED) is 0.481. The average Bonchev–Trinajstić information content (AvgIpc) is 3.23. The van der Waals surface area contributed by atoms with Gasteiger partial charge >= 0.3 is 5.76 Å². The number of alkyl halides is 1. The van der Waals surface area contributed by atoms with Crippen molar-refractivity contribution in [1.82, 2.24) is 29.7 Å². The Balaban J connectivity index is 1.69. The van der Waals surface area contributed by atoms with Gasteiger partial charge in [0.25, 0.3) is 0 Å². The van der Waals surface area contributed by atoms with E-state index in [1.165, 1.54) is 25.7 Å². The molecule has 132 valence electrons. The van der Waals surface area contributed by atoms with Crippen LogP contribution in [0, 0.1) is 11.8 Å². The number of nitrogens with zero attached hydrogens (tertiary/aromatic N) is 5. The number of aromatic amines is 1. The summed E-state index contributed by atoms with van der Waals surface area (Å²) >= 11 is 2.28. The van der Waals surface area contributed by atoms with Gasteiger partial charge in [-0.15, -0.1) is 0 Å². The molecule has 4 rings (SSSR count). The summed E-state index contributed by atoms with van der Waals surface area (Å²) in [7, 11) is 0. The lowest BCUT2D eigenvalue weighted by molar-refractivity contribution is 0.266. The molecule has 0 spiro atoms. The second-order valence-electron chi connectivity index (χ2n) is 6.77. The highest BCUT2D eigenvalue weighted by Crippen LogP contribution is 2.30. The highest BCUT2D eigenvalue weighted by molar-refractivity contribution is 14.1. The molecule has 0 bridgehead atoms. The number of imidazole rings is 1. The second-order valence-corrected chi connectivity index (χ2v) is 7.53. The SMILES string of the molecule is C[C@H]1CC[C@H](Cn2cnc3nc(-c4noc(=O)[nH]4)nc(CI)c32)CC1. The van der Waals surface area contributed by atoms with Gasteiger partial charge in [0.15, 0.2) is 5.65 Å². The van der Waals surface area contributed by atoms with Crippen molar-refractivity contribution in [2.75, 3.05) is 0 Å². The third-order valence-corrected chi connectivity index (χ3v) is 5.64. The third-order valence-electron chi connectivity index (χ3n) is 4.91. The molecule has 0 saturated heterocycles. The van der Waals surface area contributed by atoms with Crippen molar-refractivity contribution >= 4 is 33.8 Å². The fraction of sp³-hybridized carbons (Fsp3) is 0.562. The maximum atomic E-state index is 11.2. The second kappa shape index (κ2) is 6.85. The van der Waals surface area contributed by atoms with Crippen LogP contribution >= 0.6 is 22.6 Å². The summed E-state index contributed by atoms with van der Waals surface area (Å²) in [5.41, 5.74) is 2.50. The summed E-state index contributed by atoms with van der Waals surface area (Å²) < 4.78 is 7.45. The zero-order valence-corrected chi connectivity index (χ0v) is 16.1. The number of hydrogen-bond donors (Lipinski definition) is 1. The summed E-state index contributed by atoms with van der Waals surface area (Å²) in [6, 6.07) is 0. The van der Waals surface area contributed by atoms with Crippen LogP contribution in [-0.4, -0.2) is 29.7 Å². The molecular formula is C16H19IN6O2. The molecule has 3 aromatic rings. The first-order valence-corrected chi connectivity index (χ1v) is 10.0. The van der Waals surface area contributed by atoms with Crippen LogP contribution in [0.1, 0.15) is 38.3 Å². The predicted molar refractivity (Wildman–Crippen MR) is 100 cm³/mol. The molecule has 25 heavy (non-hydrogen) atoms. The number of halogens is 1. The van der Waals surface area contributed by atoms with Gasteiger partial charge in [0.1, 0.15) is 5.52 Å². The summed E-state index contributed by atoms with van der Waals surface area (Å²) in [5.74, 6) is 1.47. The number of nitrogens with one attached hydrogen (secondary N) is 1. The lowest BCUT2D eigenvalue weighted by atomic mass is 9.83. The van der Waals surface area contributed by atoms with Crippen molar-refractivity contribution in [3.8, 4) is 11.6 Å². The first-order valence-electron chi connectivity index (χ1n) is 8.48. The number of rotatable bonds is 4. The molecule has 0 aromatic carbocycles. The van der Waals surface area contributed by atoms with Crippen LogP contribution in [0.15, 0.2) is 15.6 Å². The largest absolute Gasteiger partial charge is 0.439 e. The minimum Gasteiger partial charge on any atom is -0.327 e. The molecule has 0 atom stereocenters. The molecule has 1 saturated carbocycles. The summed E-state index contributed by atoms with van der Waals surface area (Å²) in [5, 5.41) is 3.67. The van der Waals surface area contributed by atoms with Gasteiger partial charge in [-0.05, 0) is 24.7 Å². The fourth-order valence-electron chi connectivity index (χ4n) is 3.51. The van der Waals surface area contributed by atoms with E-state index in [1.807, 2.05) is 6.33 Å². The van der Waals surface area contributed by atoms with Crippen LogP contribution in [0.4, 0.5) is 0 Å². The van der Waals surface area contributed by atoms with Crippen LogP contribution in [0.2, 0.25) is 0 Å². The maximum Gasteiger partial charge on any atom is 0.439 e. The molecule has 3 heterocycles. The first-order chi connectivity index (χ1) is 12.1. The van der Waals surface area contributed by atoms with Crippen molar-refractivity contribution < 1.29 is 4.52 Å². The van der Waals surface area contributed by atoms with Crippen LogP contribution in [-0.2, 0) is 11.0 Å². The molecule has 9 heteroatoms. The van der Waals surface area contributed by atoms with E-state index in [0.29, 0.717) is 17.4 Å². The monoisotopic (exact) mass is 454 g/mol. The Bertz CT molecular complexity index is 938. The number of H-pyrrole nitrogens is 1. The maximum absolute atomic E-state index is 11.2. The minimum atomic E-state index is -0.619. The zero-order valence-electron chi connectivity index (χ0n) is 13.9. The molecule has 8 nitrogen and oxygen atoms in total. The zero-order chi connectivity index (χ0) is 17.4. The lowest BCUT2D eigenvalue weighted by Crippen LogP contribution is -2.17. The van der Waals surface area contributed by atoms with Crippen LogP contribution < -0.4 is 5.76 Å². The van der Waals surface area contributed by atoms with Crippen molar-refractivity contribution in [2.45, 2.75) is 43.6 Å². The molecule has 1 aliphatic rings. The molecule has 1 N–H and O–H groups in total. The Morgan fingerprint density at radius 3 is 2.80 bits per heavy atom. The van der Waals surface area contributed by atoms with E-state index in [0.717, 1.165) is 28.1 Å². The summed E-state index contributed by atoms with van der Waals surface area (Å²) in [6.45, 7) is 3.29. The molecular weight excluding hydrogens is 435 g/mol. The third kappa shape index (κ3) is 3.33. The lowest BCUT2D eigenvalue weighted by Gasteiger charge is -2.26. The van der Waals surface area contributed by atoms with Crippen molar-refractivity contribution in [2.24, 2.45) is 11.8 Å². The predicted octanol–water partition coefficient (Wildman–Crippen LogP) is 2.93. The van der Waals surface area contributed by atoms with E-state index < -0.39 is 5.76 Å². The Hall–Kier alpha value is -1.78. The number of fused-ring (bicyclic) bond motifs is 1. The first kappa shape index (κ1) is 16.7. The Kier molecular flexibility index (Phi) is 4.57. The van der Waals surface area contributed by atoms with Gasteiger partial charge < -0.3 is 4.57 Å². The molecule has 0 aliphatic heterocycles. The topological polar surface area (TPSA) is 102 Å². The number of aromatic nitrogens is 6. The molecule has 3 aromatic heterocycles. The van der Waals surface area contributed by atoms with E-state index in [1.54, 1.807) is 0 Å². The molecule has 1 fully saturated rings. The molecule has 1 aliphatic carbocycles. The fourth-order valence-corrected chi connectivity index (χ4v) is 4.04. The van der Waals surface area contributed by atoms with Gasteiger partial charge in [-0.3, -0.25) is 9.51 Å². The highest BCUT2D eigenvalue weighted by Gasteiger charge is 2.21. The molecule has 0 amide bonds. The van der Waals surface area contributed by atoms with Crippen molar-refractivity contribution in [3.63, 3.8) is 0 Å². The smallest absolute Gasteiger partial charge is 0.327 e. The van der Waals surface area contributed by atoms with Gasteiger partial charge in [-0.25, -0.2) is 19.7 Å². The van der Waals surface area contributed by atoms with Gasteiger partial charge in [-0.1, -0.05) is 47.5 Å². The van der Waals surface area contributed by atoms with E-state index in [9.17, 15) is 4.79 Å². The van der Waals surface area contributed by atoms with Crippen LogP contribution in [0.3, 0.4) is 0 Å². The van der Waals surface area contributed by atoms with E-state index in [-0.39, 0.29) is 5.82 Å². The Morgan fingerprint density at radius 1 is 1.32 bits per heavy atom. The average molecular weight is 454 g/mol. The van der Waals surface area contributed by atoms with E-state index in [2.05, 4.69) is 63.7 Å². The van der Waals surface area contributed by atoms with Crippen molar-refractivity contribution in [1.29, 1.82) is 0 Å². The highest BCUT2D eigenvalue weighted by atomic mass is 127. The normalized spacial score (nSPS) is 21.0. The van der Waals surface area contributed by atoms with Gasteiger partial charge in [-0.2, -0.15) is 0 Å². The van der Waals surface area contributed by atoms with Gasteiger partial charge in [0, 0.05) is 11.0 Å². The van der Waals surface area contributed by atoms with Crippen LogP contribution in [0.25, 0.3) is 22.8 Å². The van der Waals surface area contributed by atoms with Gasteiger partial charge in [0.05, 0.1) is 12.0 Å². The Morgan fingerprint density at radius 2 is 2.12 bits per heavy atom. The van der Waals surface area contributed by atoms with E-state index >= 15 is 0 Å². The summed E-state index contributed by atoms with van der Waals surface area (Å²) in [6.07, 6.45) is 6.98. The molecule has 0 unspecified atom stereocenters. The van der Waals surface area contributed by atoms with Gasteiger partial charge in [0.2, 0.25) is 11.6 Å². The summed E-state index contributed by atoms with van der Waals surface area (Å²) in [4.78, 5) is 27.1. The standard InChI is InChI=1S/C16H19IN6O2/c1-9-2-4-10(5-3-9)7-23-8-18-13-12(23)11(6-17)19-14(20-13)15-21-16(24)25-22-15/h8-10H,2-7H2,1H3,(H,21,22,24)/t9-,10-. The van der Waals surface area contributed by atoms with E-state index in [4.69, 9.17) is 0 Å².